The Balaban J connectivity index is 1.44. The van der Waals surface area contributed by atoms with Gasteiger partial charge >= 0.3 is 5.97 Å². The van der Waals surface area contributed by atoms with Crippen LogP contribution in [0.2, 0.25) is 0 Å². The number of allylic oxidation sites excluding steroid dienone is 1. The van der Waals surface area contributed by atoms with Gasteiger partial charge in [-0.05, 0) is 86.2 Å². The number of hydrogen-bond donors (Lipinski definition) is 0. The van der Waals surface area contributed by atoms with Crippen molar-refractivity contribution in [2.45, 2.75) is 70.8 Å². The Hall–Kier alpha value is -1.38. The molecule has 1 aliphatic heterocycles. The quantitative estimate of drug-likeness (QED) is 0.643. The molecule has 0 aromatic carbocycles. The van der Waals surface area contributed by atoms with E-state index in [0.29, 0.717) is 29.5 Å². The predicted molar refractivity (Wildman–Crippen MR) is 106 cm³/mol. The molecule has 3 heteroatoms. The number of hydrogen-bond acceptors (Lipinski definition) is 3. The fourth-order valence-electron chi connectivity index (χ4n) is 9.16. The second-order valence-corrected chi connectivity index (χ2v) is 10.6. The summed E-state index contributed by atoms with van der Waals surface area (Å²) in [6, 6.07) is 0. The van der Waals surface area contributed by atoms with Crippen LogP contribution < -0.4 is 0 Å². The summed E-state index contributed by atoms with van der Waals surface area (Å²) in [5.41, 5.74) is 1.31. The average Bonchev–Trinajstić information content (AvgIpc) is 3.34. The van der Waals surface area contributed by atoms with Crippen molar-refractivity contribution in [3.63, 3.8) is 0 Å². The minimum absolute atomic E-state index is 0.118. The molecule has 0 aromatic rings. The number of ketones is 1. The van der Waals surface area contributed by atoms with E-state index in [1.165, 1.54) is 31.3 Å². The number of esters is 1. The molecule has 0 bridgehead atoms. The highest BCUT2D eigenvalue weighted by Crippen LogP contribution is 2.79. The number of fused-ring (bicyclic) bond motifs is 9. The molecule has 1 spiro atoms. The molecule has 150 valence electrons. The zero-order chi connectivity index (χ0) is 19.3. The number of carbonyl (C=O) groups excluding carboxylic acids is 2. The van der Waals surface area contributed by atoms with Crippen LogP contribution in [0.4, 0.5) is 0 Å². The van der Waals surface area contributed by atoms with Crippen molar-refractivity contribution < 1.29 is 14.3 Å². The monoisotopic (exact) mass is 380 g/mol. The molecule has 3 nitrogen and oxygen atoms in total. The number of carbonyl (C=O) groups is 2. The second kappa shape index (κ2) is 5.61. The van der Waals surface area contributed by atoms with Gasteiger partial charge in [0.2, 0.25) is 0 Å². The van der Waals surface area contributed by atoms with Gasteiger partial charge in [0.1, 0.15) is 5.60 Å². The molecule has 0 amide bonds. The average molecular weight is 381 g/mol. The minimum atomic E-state index is -0.309. The summed E-state index contributed by atoms with van der Waals surface area (Å²) in [6.45, 7) is 4.69. The summed E-state index contributed by atoms with van der Waals surface area (Å²) in [4.78, 5) is 24.3. The second-order valence-electron chi connectivity index (χ2n) is 10.6. The maximum atomic E-state index is 12.2. The Morgan fingerprint density at radius 2 is 2.04 bits per heavy atom. The molecule has 6 rings (SSSR count). The van der Waals surface area contributed by atoms with E-state index in [0.717, 1.165) is 43.4 Å². The number of rotatable bonds is 2. The van der Waals surface area contributed by atoms with Crippen LogP contribution in [0.3, 0.4) is 0 Å². The third kappa shape index (κ3) is 1.92. The van der Waals surface area contributed by atoms with E-state index < -0.39 is 0 Å². The van der Waals surface area contributed by atoms with Crippen molar-refractivity contribution in [1.82, 2.24) is 0 Å². The molecule has 4 saturated carbocycles. The van der Waals surface area contributed by atoms with Crippen LogP contribution in [0.5, 0.6) is 0 Å². The molecule has 5 aliphatic carbocycles. The highest BCUT2D eigenvalue weighted by Gasteiger charge is 2.79. The Kier molecular flexibility index (Phi) is 3.50. The van der Waals surface area contributed by atoms with Gasteiger partial charge in [-0.1, -0.05) is 25.8 Å². The lowest BCUT2D eigenvalue weighted by Gasteiger charge is -2.60. The first-order valence-corrected chi connectivity index (χ1v) is 11.7. The molecule has 1 heterocycles. The van der Waals surface area contributed by atoms with E-state index in [9.17, 15) is 9.59 Å². The van der Waals surface area contributed by atoms with Crippen LogP contribution in [0.25, 0.3) is 0 Å². The van der Waals surface area contributed by atoms with Gasteiger partial charge in [0.25, 0.3) is 0 Å². The van der Waals surface area contributed by atoms with Crippen LogP contribution in [0.15, 0.2) is 23.8 Å². The van der Waals surface area contributed by atoms with Crippen molar-refractivity contribution in [2.75, 3.05) is 0 Å². The Morgan fingerprint density at radius 3 is 2.75 bits per heavy atom. The first-order chi connectivity index (χ1) is 13.5. The summed E-state index contributed by atoms with van der Waals surface area (Å²) < 4.78 is 6.19. The van der Waals surface area contributed by atoms with E-state index >= 15 is 0 Å². The van der Waals surface area contributed by atoms with E-state index in [-0.39, 0.29) is 17.0 Å². The lowest BCUT2D eigenvalue weighted by molar-refractivity contribution is -0.175. The highest BCUT2D eigenvalue weighted by molar-refractivity contribution is 5.91. The zero-order valence-corrected chi connectivity index (χ0v) is 17.2. The van der Waals surface area contributed by atoms with Gasteiger partial charge in [0, 0.05) is 23.8 Å². The van der Waals surface area contributed by atoms with Gasteiger partial charge in [-0.25, -0.2) is 4.79 Å². The third-order valence-electron chi connectivity index (χ3n) is 10.1. The van der Waals surface area contributed by atoms with Crippen molar-refractivity contribution in [3.8, 4) is 0 Å². The van der Waals surface area contributed by atoms with Gasteiger partial charge in [-0.2, -0.15) is 0 Å². The molecule has 6 aliphatic rings. The molecule has 9 atom stereocenters. The van der Waals surface area contributed by atoms with Gasteiger partial charge in [-0.3, -0.25) is 4.79 Å². The summed E-state index contributed by atoms with van der Waals surface area (Å²) in [5.74, 6) is 5.03. The van der Waals surface area contributed by atoms with Crippen molar-refractivity contribution in [2.24, 2.45) is 46.8 Å². The summed E-state index contributed by atoms with van der Waals surface area (Å²) >= 11 is 0. The van der Waals surface area contributed by atoms with Crippen LogP contribution in [0.1, 0.15) is 65.2 Å². The third-order valence-corrected chi connectivity index (χ3v) is 10.1. The molecule has 0 N–H and O–H groups in total. The van der Waals surface area contributed by atoms with Crippen molar-refractivity contribution >= 4 is 11.8 Å². The Morgan fingerprint density at radius 1 is 1.18 bits per heavy atom. The molecule has 3 unspecified atom stereocenters. The summed E-state index contributed by atoms with van der Waals surface area (Å²) in [6.07, 6.45) is 14.9. The van der Waals surface area contributed by atoms with E-state index in [1.54, 1.807) is 6.08 Å². The Labute approximate surface area is 168 Å². The fraction of sp³-hybridized carbons (Fsp3) is 0.760. The standard InChI is InChI=1S/C25H32O3/c1-3-14-11-15-12-16(26)5-6-17(15)18-7-9-24(4-2)23(22(14)18)19-13-20(19)25(24)10-8-21(27)28-25/h8,10,12,14,17-20,22-23H,3-7,9,11,13H2,1-2H3/t14-,17-,18?,19+,20-,22?,23?,24-,25-/m0/s1. The molecule has 4 fully saturated rings. The normalized spacial score (nSPS) is 53.2. The molecule has 0 radical (unpaired) electrons. The molecular formula is C25H32O3. The maximum Gasteiger partial charge on any atom is 0.331 e. The van der Waals surface area contributed by atoms with Crippen LogP contribution >= 0.6 is 0 Å². The first-order valence-electron chi connectivity index (χ1n) is 11.7. The van der Waals surface area contributed by atoms with Gasteiger partial charge in [0.15, 0.2) is 5.78 Å². The zero-order valence-electron chi connectivity index (χ0n) is 17.2. The maximum absolute atomic E-state index is 12.2. The Bertz CT molecular complexity index is 809. The van der Waals surface area contributed by atoms with Crippen LogP contribution in [0, 0.1) is 46.8 Å². The summed E-state index contributed by atoms with van der Waals surface area (Å²) in [5, 5.41) is 0. The number of ether oxygens (including phenoxy) is 1. The minimum Gasteiger partial charge on any atom is -0.451 e. The lowest BCUT2D eigenvalue weighted by atomic mass is 9.45. The van der Waals surface area contributed by atoms with Crippen LogP contribution in [-0.2, 0) is 14.3 Å². The van der Waals surface area contributed by atoms with Crippen molar-refractivity contribution in [1.29, 1.82) is 0 Å². The predicted octanol–water partition coefficient (Wildman–Crippen LogP) is 4.86. The highest BCUT2D eigenvalue weighted by atomic mass is 16.6. The van der Waals surface area contributed by atoms with E-state index in [4.69, 9.17) is 4.74 Å². The smallest absolute Gasteiger partial charge is 0.331 e. The van der Waals surface area contributed by atoms with E-state index in [2.05, 4.69) is 19.9 Å². The molecule has 28 heavy (non-hydrogen) atoms. The molecule has 0 aromatic heterocycles. The van der Waals surface area contributed by atoms with Gasteiger partial charge < -0.3 is 4.74 Å². The largest absolute Gasteiger partial charge is 0.451 e. The molecule has 0 saturated heterocycles. The van der Waals surface area contributed by atoms with Crippen LogP contribution in [-0.4, -0.2) is 17.4 Å². The fourth-order valence-corrected chi connectivity index (χ4v) is 9.16. The van der Waals surface area contributed by atoms with Crippen molar-refractivity contribution in [3.05, 3.63) is 23.8 Å². The lowest BCUT2D eigenvalue weighted by Crippen LogP contribution is -2.57. The SMILES string of the molecule is CC[C@H]1CC2=CC(=O)CC[C@@H]2C2CC[C@@]3(CC)C(C21)[C@@H]1C[C@@H]1[C@@]31C=CC(=O)O1. The van der Waals surface area contributed by atoms with Gasteiger partial charge in [0.05, 0.1) is 0 Å². The topological polar surface area (TPSA) is 43.4 Å². The molecular weight excluding hydrogens is 348 g/mol. The summed E-state index contributed by atoms with van der Waals surface area (Å²) in [7, 11) is 0. The van der Waals surface area contributed by atoms with Gasteiger partial charge in [-0.15, -0.1) is 0 Å². The first kappa shape index (κ1) is 17.5. The van der Waals surface area contributed by atoms with E-state index in [1.807, 2.05) is 6.08 Å².